The highest BCUT2D eigenvalue weighted by atomic mass is 15.5. The van der Waals surface area contributed by atoms with Gasteiger partial charge < -0.3 is 0 Å². The fraction of sp³-hybridized carbons (Fsp3) is 0.125. The number of hydrogen-bond donors (Lipinski definition) is 1. The molecule has 0 radical (unpaired) electrons. The predicted octanol–water partition coefficient (Wildman–Crippen LogP) is 2.65. The number of aryl methyl sites for hydroxylation is 2. The summed E-state index contributed by atoms with van der Waals surface area (Å²) < 4.78 is 3.67. The zero-order chi connectivity index (χ0) is 13.9. The normalized spacial score (nSPS) is 10.5. The molecule has 4 heteroatoms. The van der Waals surface area contributed by atoms with E-state index >= 15 is 0 Å². The molecule has 100 valence electrons. The van der Waals surface area contributed by atoms with Crippen LogP contribution >= 0.6 is 0 Å². The molecule has 0 saturated heterocycles. The number of rotatable bonds is 3. The summed E-state index contributed by atoms with van der Waals surface area (Å²) in [6.45, 7) is 4.15. The van der Waals surface area contributed by atoms with Crippen LogP contribution in [0.2, 0.25) is 0 Å². The van der Waals surface area contributed by atoms with Gasteiger partial charge >= 0.3 is 0 Å². The molecule has 0 fully saturated rings. The zero-order valence-corrected chi connectivity index (χ0v) is 11.6. The molecule has 0 unspecified atom stereocenters. The summed E-state index contributed by atoms with van der Waals surface area (Å²) in [4.78, 5) is 0. The van der Waals surface area contributed by atoms with Crippen molar-refractivity contribution in [2.45, 2.75) is 13.8 Å². The van der Waals surface area contributed by atoms with E-state index in [1.54, 1.807) is 6.33 Å². The van der Waals surface area contributed by atoms with Gasteiger partial charge in [0, 0.05) is 5.10 Å². The molecule has 3 rings (SSSR count). The van der Waals surface area contributed by atoms with Gasteiger partial charge in [0.15, 0.2) is 0 Å². The smallest absolute Gasteiger partial charge is 0.245 e. The lowest BCUT2D eigenvalue weighted by atomic mass is 10.2. The van der Waals surface area contributed by atoms with Gasteiger partial charge in [-0.25, -0.2) is 5.43 Å². The lowest BCUT2D eigenvalue weighted by Gasteiger charge is -2.01. The Kier molecular flexibility index (Phi) is 3.21. The van der Waals surface area contributed by atoms with Crippen molar-refractivity contribution in [3.8, 4) is 5.69 Å². The van der Waals surface area contributed by atoms with Gasteiger partial charge in [0.25, 0.3) is 12.7 Å². The van der Waals surface area contributed by atoms with Crippen LogP contribution in [-0.2, 0) is 0 Å². The molecule has 0 bridgehead atoms. The van der Waals surface area contributed by atoms with E-state index in [1.807, 2.05) is 27.8 Å². The molecule has 0 saturated carbocycles. The van der Waals surface area contributed by atoms with Crippen LogP contribution in [0.1, 0.15) is 11.1 Å². The first-order chi connectivity index (χ1) is 9.70. The predicted molar refractivity (Wildman–Crippen MR) is 78.7 cm³/mol. The summed E-state index contributed by atoms with van der Waals surface area (Å²) in [7, 11) is 0. The van der Waals surface area contributed by atoms with Gasteiger partial charge in [-0.05, 0) is 38.1 Å². The Morgan fingerprint density at radius 1 is 0.900 bits per heavy atom. The zero-order valence-electron chi connectivity index (χ0n) is 11.6. The standard InChI is InChI=1S/C16H17N4/c1-13-3-7-15(8-4-13)18-19-11-17-20(12-19)16-9-5-14(2)6-10-16/h3-12,18H,1-2H3/q+1. The lowest BCUT2D eigenvalue weighted by molar-refractivity contribution is -0.643. The number of aromatic nitrogens is 3. The van der Waals surface area contributed by atoms with Crippen molar-refractivity contribution in [3.63, 3.8) is 0 Å². The number of anilines is 1. The molecule has 1 heterocycles. The minimum Gasteiger partial charge on any atom is -0.245 e. The third-order valence-electron chi connectivity index (χ3n) is 3.14. The second-order valence-electron chi connectivity index (χ2n) is 4.91. The summed E-state index contributed by atoms with van der Waals surface area (Å²) >= 11 is 0. The summed E-state index contributed by atoms with van der Waals surface area (Å²) in [6, 6.07) is 16.5. The first-order valence-electron chi connectivity index (χ1n) is 6.57. The Bertz CT molecular complexity index is 696. The highest BCUT2D eigenvalue weighted by Gasteiger charge is 2.08. The van der Waals surface area contributed by atoms with E-state index in [0.29, 0.717) is 0 Å². The van der Waals surface area contributed by atoms with E-state index in [-0.39, 0.29) is 0 Å². The van der Waals surface area contributed by atoms with E-state index in [2.05, 4.69) is 60.8 Å². The maximum Gasteiger partial charge on any atom is 0.287 e. The quantitative estimate of drug-likeness (QED) is 0.739. The van der Waals surface area contributed by atoms with Gasteiger partial charge in [0.05, 0.1) is 5.69 Å². The van der Waals surface area contributed by atoms with Crippen LogP contribution in [0.25, 0.3) is 5.69 Å². The van der Waals surface area contributed by atoms with Crippen molar-refractivity contribution in [1.29, 1.82) is 0 Å². The average Bonchev–Trinajstić information content (AvgIpc) is 2.91. The first kappa shape index (κ1) is 12.4. The molecule has 0 amide bonds. The highest BCUT2D eigenvalue weighted by molar-refractivity contribution is 5.41. The Morgan fingerprint density at radius 2 is 1.50 bits per heavy atom. The van der Waals surface area contributed by atoms with Gasteiger partial charge in [-0.3, -0.25) is 0 Å². The maximum atomic E-state index is 4.35. The molecule has 4 nitrogen and oxygen atoms in total. The molecule has 3 aromatic rings. The van der Waals surface area contributed by atoms with Crippen LogP contribution in [0.5, 0.6) is 0 Å². The SMILES string of the molecule is Cc1ccc(N[n+]2cnn(-c3ccc(C)cc3)c2)cc1. The van der Waals surface area contributed by atoms with Crippen molar-refractivity contribution in [3.05, 3.63) is 72.3 Å². The minimum absolute atomic E-state index is 1.03. The van der Waals surface area contributed by atoms with Crippen LogP contribution in [0.15, 0.2) is 61.2 Å². The summed E-state index contributed by atoms with van der Waals surface area (Å²) in [5.74, 6) is 0. The fourth-order valence-electron chi connectivity index (χ4n) is 1.95. The average molecular weight is 265 g/mol. The number of nitrogens with zero attached hydrogens (tertiary/aromatic N) is 3. The van der Waals surface area contributed by atoms with Gasteiger partial charge in [0.2, 0.25) is 0 Å². The molecule has 0 aliphatic heterocycles. The molecular formula is C16H17N4+. The van der Waals surface area contributed by atoms with Crippen molar-refractivity contribution >= 4 is 5.69 Å². The van der Waals surface area contributed by atoms with E-state index in [9.17, 15) is 0 Å². The molecule has 2 aromatic carbocycles. The van der Waals surface area contributed by atoms with Crippen LogP contribution < -0.4 is 10.1 Å². The van der Waals surface area contributed by atoms with Crippen molar-refractivity contribution < 1.29 is 4.68 Å². The van der Waals surface area contributed by atoms with Crippen LogP contribution in [0.3, 0.4) is 0 Å². The molecule has 1 N–H and O–H groups in total. The second-order valence-corrected chi connectivity index (χ2v) is 4.91. The molecule has 0 spiro atoms. The van der Waals surface area contributed by atoms with Gasteiger partial charge in [-0.1, -0.05) is 40.1 Å². The monoisotopic (exact) mass is 265 g/mol. The third kappa shape index (κ3) is 2.69. The third-order valence-corrected chi connectivity index (χ3v) is 3.14. The van der Waals surface area contributed by atoms with E-state index in [1.165, 1.54) is 11.1 Å². The van der Waals surface area contributed by atoms with Crippen LogP contribution in [-0.4, -0.2) is 9.78 Å². The Hall–Kier alpha value is -2.62. The number of hydrogen-bond acceptors (Lipinski definition) is 2. The number of nitrogens with one attached hydrogen (secondary N) is 1. The second kappa shape index (κ2) is 5.17. The summed E-state index contributed by atoms with van der Waals surface area (Å²) in [6.07, 6.45) is 3.66. The fourth-order valence-corrected chi connectivity index (χ4v) is 1.95. The first-order valence-corrected chi connectivity index (χ1v) is 6.57. The van der Waals surface area contributed by atoms with Crippen molar-refractivity contribution in [2.75, 3.05) is 5.43 Å². The minimum atomic E-state index is 1.03. The van der Waals surface area contributed by atoms with E-state index in [0.717, 1.165) is 11.4 Å². The Labute approximate surface area is 118 Å². The van der Waals surface area contributed by atoms with Crippen LogP contribution in [0.4, 0.5) is 5.69 Å². The van der Waals surface area contributed by atoms with Crippen LogP contribution in [0, 0.1) is 13.8 Å². The molecule has 20 heavy (non-hydrogen) atoms. The van der Waals surface area contributed by atoms with Gasteiger partial charge in [-0.15, -0.1) is 4.68 Å². The van der Waals surface area contributed by atoms with Gasteiger partial charge in [0.1, 0.15) is 5.69 Å². The number of benzene rings is 2. The Morgan fingerprint density at radius 3 is 2.15 bits per heavy atom. The highest BCUT2D eigenvalue weighted by Crippen LogP contribution is 2.08. The molecule has 0 aliphatic rings. The van der Waals surface area contributed by atoms with E-state index in [4.69, 9.17) is 0 Å². The van der Waals surface area contributed by atoms with Crippen molar-refractivity contribution in [1.82, 2.24) is 9.78 Å². The molecule has 0 aliphatic carbocycles. The summed E-state index contributed by atoms with van der Waals surface area (Å²) in [5.41, 5.74) is 7.83. The lowest BCUT2D eigenvalue weighted by Crippen LogP contribution is -2.40. The summed E-state index contributed by atoms with van der Waals surface area (Å²) in [5, 5.41) is 4.35. The molecule has 1 aromatic heterocycles. The maximum absolute atomic E-state index is 4.35. The topological polar surface area (TPSA) is 33.7 Å². The molecule has 0 atom stereocenters. The molecular weight excluding hydrogens is 248 g/mol. The van der Waals surface area contributed by atoms with Gasteiger partial charge in [-0.2, -0.15) is 0 Å². The van der Waals surface area contributed by atoms with E-state index < -0.39 is 0 Å². The largest absolute Gasteiger partial charge is 0.287 e. The Balaban J connectivity index is 1.80. The van der Waals surface area contributed by atoms with Crippen molar-refractivity contribution in [2.24, 2.45) is 0 Å².